The zero-order valence-electron chi connectivity index (χ0n) is 34.1. The maximum absolute atomic E-state index is 14.7. The molecule has 0 radical (unpaired) electrons. The molecule has 4 aromatic rings. The molecule has 0 aliphatic heterocycles. The van der Waals surface area contributed by atoms with E-state index >= 15 is 0 Å². The minimum atomic E-state index is -4.15. The van der Waals surface area contributed by atoms with Crippen LogP contribution in [0.4, 0.5) is 22.7 Å². The number of hydrogen-bond acceptors (Lipinski definition) is 5. The second-order valence-corrected chi connectivity index (χ2v) is 19.2. The molecule has 0 atom stereocenters. The van der Waals surface area contributed by atoms with Crippen molar-refractivity contribution in [2.45, 2.75) is 125 Å². The molecule has 0 aromatic heterocycles. The molecule has 0 aliphatic rings. The number of amides is 1. The van der Waals surface area contributed by atoms with Crippen LogP contribution in [0.25, 0.3) is 0 Å². The van der Waals surface area contributed by atoms with Crippen molar-refractivity contribution in [3.63, 3.8) is 0 Å². The van der Waals surface area contributed by atoms with Crippen molar-refractivity contribution < 1.29 is 18.0 Å². The molecule has 7 nitrogen and oxygen atoms in total. The van der Waals surface area contributed by atoms with Gasteiger partial charge in [-0.05, 0) is 106 Å². The summed E-state index contributed by atoms with van der Waals surface area (Å²) >= 11 is 0. The van der Waals surface area contributed by atoms with Crippen molar-refractivity contribution in [1.29, 1.82) is 0 Å². The molecule has 0 unspecified atom stereocenters. The predicted octanol–water partition coefficient (Wildman–Crippen LogP) is 12.1. The minimum absolute atomic E-state index is 0.0389. The van der Waals surface area contributed by atoms with Crippen molar-refractivity contribution in [3.05, 3.63) is 107 Å². The molecular formula is C45H61N3O4S. The number of sulfonamides is 1. The Morgan fingerprint density at radius 3 is 1.75 bits per heavy atom. The van der Waals surface area contributed by atoms with Crippen molar-refractivity contribution in [1.82, 2.24) is 0 Å². The van der Waals surface area contributed by atoms with Gasteiger partial charge in [0.25, 0.3) is 15.9 Å². The van der Waals surface area contributed by atoms with E-state index in [1.165, 1.54) is 17.6 Å². The number of nitrogens with zero attached hydrogens (tertiary/aromatic N) is 1. The van der Waals surface area contributed by atoms with E-state index in [2.05, 4.69) is 77.6 Å². The lowest BCUT2D eigenvalue weighted by atomic mass is 9.84. The fraction of sp³-hybridized carbons (Fsp3) is 0.444. The predicted molar refractivity (Wildman–Crippen MR) is 222 cm³/mol. The maximum Gasteiger partial charge on any atom is 0.262 e. The number of carbonyl (C=O) groups excluding carboxylic acids is 1. The average molecular weight is 740 g/mol. The van der Waals surface area contributed by atoms with Gasteiger partial charge in [0.05, 0.1) is 10.6 Å². The lowest BCUT2D eigenvalue weighted by Crippen LogP contribution is -2.36. The van der Waals surface area contributed by atoms with Crippen LogP contribution >= 0.6 is 0 Å². The monoisotopic (exact) mass is 739 g/mol. The number of rotatable bonds is 13. The number of hydroxylamine groups is 1. The van der Waals surface area contributed by atoms with Gasteiger partial charge in [0.1, 0.15) is 0 Å². The fourth-order valence-corrected chi connectivity index (χ4v) is 8.46. The molecule has 0 saturated carbocycles. The number of carbonyl (C=O) groups is 1. The summed E-state index contributed by atoms with van der Waals surface area (Å²) in [4.78, 5) is 20.7. The molecule has 4 rings (SSSR count). The lowest BCUT2D eigenvalue weighted by molar-refractivity contribution is -0.120. The van der Waals surface area contributed by atoms with Gasteiger partial charge in [-0.1, -0.05) is 119 Å². The van der Waals surface area contributed by atoms with E-state index in [-0.39, 0.29) is 39.4 Å². The zero-order valence-corrected chi connectivity index (χ0v) is 35.0. The Bertz CT molecular complexity index is 1990. The van der Waals surface area contributed by atoms with Crippen LogP contribution in [0.2, 0.25) is 0 Å². The summed E-state index contributed by atoms with van der Waals surface area (Å²) in [6.45, 7) is 26.8. The summed E-state index contributed by atoms with van der Waals surface area (Å²) in [6.07, 6.45) is 1.63. The van der Waals surface area contributed by atoms with E-state index in [9.17, 15) is 13.2 Å². The van der Waals surface area contributed by atoms with Gasteiger partial charge < -0.3 is 10.2 Å². The lowest BCUT2D eigenvalue weighted by Gasteiger charge is -2.33. The first-order chi connectivity index (χ1) is 24.6. The molecule has 4 aromatic carbocycles. The molecule has 8 heteroatoms. The summed E-state index contributed by atoms with van der Waals surface area (Å²) in [7, 11) is -4.15. The van der Waals surface area contributed by atoms with Gasteiger partial charge in [0.15, 0.2) is 5.75 Å². The van der Waals surface area contributed by atoms with Crippen molar-refractivity contribution in [2.75, 3.05) is 15.1 Å². The third kappa shape index (κ3) is 10.9. The van der Waals surface area contributed by atoms with Gasteiger partial charge in [0, 0.05) is 29.5 Å². The number of nitrogens with one attached hydrogen (secondary N) is 2. The zero-order chi connectivity index (χ0) is 39.5. The Labute approximate surface area is 319 Å². The fourth-order valence-electron chi connectivity index (χ4n) is 6.69. The first kappa shape index (κ1) is 41.5. The molecular weight excluding hydrogens is 679 g/mol. The average Bonchev–Trinajstić information content (AvgIpc) is 3.03. The maximum atomic E-state index is 14.7. The van der Waals surface area contributed by atoms with E-state index in [1.807, 2.05) is 82.3 Å². The van der Waals surface area contributed by atoms with E-state index < -0.39 is 10.0 Å². The van der Waals surface area contributed by atoms with Gasteiger partial charge in [0.2, 0.25) is 0 Å². The summed E-state index contributed by atoms with van der Waals surface area (Å²) < 4.78 is 32.3. The molecule has 2 N–H and O–H groups in total. The van der Waals surface area contributed by atoms with Crippen LogP contribution in [0.15, 0.2) is 83.8 Å². The standard InChI is InChI=1S/C45H61N3O4S/c1-29(2)38-26-39(30(3)4)43(53(50,51)47-37-22-20-36(21-23-37)46-35-17-15-14-16-18-35)41(31(5)6)42(38)48(32(7)49)52-40-24-19-33(27-44(8,9)10)25-34(40)28-45(11,12)13/h14-26,29-31,46-47H,27-28H2,1-13H3. The van der Waals surface area contributed by atoms with Crippen LogP contribution < -0.4 is 19.9 Å². The molecule has 53 heavy (non-hydrogen) atoms. The highest BCUT2D eigenvalue weighted by Gasteiger charge is 2.35. The minimum Gasteiger partial charge on any atom is -0.372 e. The summed E-state index contributed by atoms with van der Waals surface area (Å²) in [5.41, 5.74) is 7.03. The van der Waals surface area contributed by atoms with Gasteiger partial charge in [-0.2, -0.15) is 0 Å². The molecule has 0 bridgehead atoms. The van der Waals surface area contributed by atoms with Gasteiger partial charge in [-0.3, -0.25) is 9.52 Å². The molecule has 0 fully saturated rings. The van der Waals surface area contributed by atoms with E-state index in [0.29, 0.717) is 28.3 Å². The van der Waals surface area contributed by atoms with E-state index in [1.54, 1.807) is 12.1 Å². The van der Waals surface area contributed by atoms with Crippen LogP contribution in [0.1, 0.15) is 136 Å². The number of benzene rings is 4. The van der Waals surface area contributed by atoms with E-state index in [4.69, 9.17) is 4.84 Å². The van der Waals surface area contributed by atoms with Crippen molar-refractivity contribution >= 4 is 38.7 Å². The third-order valence-corrected chi connectivity index (χ3v) is 10.4. The van der Waals surface area contributed by atoms with Crippen molar-refractivity contribution in [3.8, 4) is 5.75 Å². The second kappa shape index (κ2) is 16.4. The Morgan fingerprint density at radius 1 is 0.698 bits per heavy atom. The van der Waals surface area contributed by atoms with Crippen LogP contribution in [0, 0.1) is 10.8 Å². The molecule has 0 saturated heterocycles. The molecule has 0 heterocycles. The Balaban J connectivity index is 1.89. The van der Waals surface area contributed by atoms with Crippen LogP contribution in [-0.4, -0.2) is 14.3 Å². The van der Waals surface area contributed by atoms with Crippen molar-refractivity contribution in [2.24, 2.45) is 10.8 Å². The second-order valence-electron chi connectivity index (χ2n) is 17.6. The highest BCUT2D eigenvalue weighted by atomic mass is 32.2. The number of hydrogen-bond donors (Lipinski definition) is 2. The number of para-hydroxylation sites is 1. The first-order valence-electron chi connectivity index (χ1n) is 18.8. The van der Waals surface area contributed by atoms with Crippen LogP contribution in [-0.2, 0) is 27.7 Å². The third-order valence-electron chi connectivity index (χ3n) is 8.89. The van der Waals surface area contributed by atoms with Gasteiger partial charge >= 0.3 is 0 Å². The van der Waals surface area contributed by atoms with Gasteiger partial charge in [-0.25, -0.2) is 8.42 Å². The van der Waals surface area contributed by atoms with Crippen LogP contribution in [0.5, 0.6) is 5.75 Å². The Kier molecular flexibility index (Phi) is 12.8. The van der Waals surface area contributed by atoms with Crippen LogP contribution in [0.3, 0.4) is 0 Å². The highest BCUT2D eigenvalue weighted by Crippen LogP contribution is 2.45. The topological polar surface area (TPSA) is 87.7 Å². The smallest absolute Gasteiger partial charge is 0.262 e. The SMILES string of the molecule is CC(=O)N(Oc1ccc(CC(C)(C)C)cc1CC(C)(C)C)c1c(C(C)C)cc(C(C)C)c(S(=O)(=O)Nc2ccc(Nc3ccccc3)cc2)c1C(C)C. The summed E-state index contributed by atoms with van der Waals surface area (Å²) in [5, 5.41) is 4.68. The first-order valence-corrected chi connectivity index (χ1v) is 20.3. The largest absolute Gasteiger partial charge is 0.372 e. The molecule has 0 spiro atoms. The normalized spacial score (nSPS) is 12.4. The number of anilines is 4. The Morgan fingerprint density at radius 2 is 1.25 bits per heavy atom. The van der Waals surface area contributed by atoms with Gasteiger partial charge in [-0.15, -0.1) is 5.06 Å². The molecule has 1 amide bonds. The quantitative estimate of drug-likeness (QED) is 0.133. The van der Waals surface area contributed by atoms with E-state index in [0.717, 1.165) is 35.3 Å². The summed E-state index contributed by atoms with van der Waals surface area (Å²) in [5.74, 6) is -0.202. The molecule has 0 aliphatic carbocycles. The molecule has 286 valence electrons. The Hall–Kier alpha value is -4.30. The summed E-state index contributed by atoms with van der Waals surface area (Å²) in [6, 6.07) is 25.2. The highest BCUT2D eigenvalue weighted by molar-refractivity contribution is 7.92.